The van der Waals surface area contributed by atoms with Crippen LogP contribution in [0.25, 0.3) is 6.08 Å². The maximum Gasteiger partial charge on any atom is 0.267 e. The number of ether oxygens (including phenoxy) is 1. The van der Waals surface area contributed by atoms with Gasteiger partial charge in [0.05, 0.1) is 18.1 Å². The molecule has 8 nitrogen and oxygen atoms in total. The molecule has 0 bridgehead atoms. The van der Waals surface area contributed by atoms with Crippen LogP contribution in [0.2, 0.25) is 0 Å². The summed E-state index contributed by atoms with van der Waals surface area (Å²) >= 11 is 0. The van der Waals surface area contributed by atoms with Gasteiger partial charge in [-0.15, -0.1) is 0 Å². The summed E-state index contributed by atoms with van der Waals surface area (Å²) in [5, 5.41) is 3.41. The summed E-state index contributed by atoms with van der Waals surface area (Å²) in [6, 6.07) is 7.07. The first-order valence-electron chi connectivity index (χ1n) is 11.4. The maximum absolute atomic E-state index is 13.3. The molecule has 2 aliphatic rings. The summed E-state index contributed by atoms with van der Waals surface area (Å²) in [4.78, 5) is 28.2. The Labute approximate surface area is 193 Å². The number of nitrogens with zero attached hydrogens (tertiary/aromatic N) is 3. The highest BCUT2D eigenvalue weighted by Gasteiger charge is 2.22. The zero-order valence-corrected chi connectivity index (χ0v) is 18.6. The molecule has 4 rings (SSSR count). The maximum atomic E-state index is 13.3. The number of hydrogen-bond donors (Lipinski definition) is 2. The van der Waals surface area contributed by atoms with E-state index in [4.69, 9.17) is 9.57 Å². The van der Waals surface area contributed by atoms with Gasteiger partial charge >= 0.3 is 0 Å². The second-order valence-corrected chi connectivity index (χ2v) is 8.35. The number of nitrogens with one attached hydrogen (secondary N) is 2. The van der Waals surface area contributed by atoms with Gasteiger partial charge in [-0.25, -0.2) is 19.7 Å². The largest absolute Gasteiger partial charge is 0.365 e. The number of anilines is 1. The van der Waals surface area contributed by atoms with Crippen molar-refractivity contribution in [3.63, 3.8) is 0 Å². The first-order valence-corrected chi connectivity index (χ1v) is 11.4. The Hall–Kier alpha value is -2.88. The van der Waals surface area contributed by atoms with Crippen molar-refractivity contribution in [1.29, 1.82) is 0 Å². The van der Waals surface area contributed by atoms with Gasteiger partial charge in [-0.05, 0) is 49.5 Å². The molecular formula is C24H30FN5O3. The average Bonchev–Trinajstić information content (AvgIpc) is 3.29. The normalized spacial score (nSPS) is 21.4. The lowest BCUT2D eigenvalue weighted by atomic mass is 10.1. The summed E-state index contributed by atoms with van der Waals surface area (Å²) in [5.41, 5.74) is 3.97. The van der Waals surface area contributed by atoms with E-state index in [1.807, 2.05) is 6.07 Å². The molecule has 0 spiro atoms. The Morgan fingerprint density at radius 1 is 1.27 bits per heavy atom. The van der Waals surface area contributed by atoms with Gasteiger partial charge in [0.2, 0.25) is 0 Å². The standard InChI is InChI=1S/C24H30FN5O3/c25-19-5-3-4-18(14-19)9-11-30-12-10-21(17-30)28-22-16-26-20(15-27-22)7-8-23(31)29-33-24-6-1-2-13-32-24/h3-5,7-8,14-16,21,24H,1-2,6,9-13,17H2,(H,27,28)(H,29,31)/t21-,24?/m1/s1. The van der Waals surface area contributed by atoms with Gasteiger partial charge in [-0.2, -0.15) is 0 Å². The van der Waals surface area contributed by atoms with E-state index in [1.54, 1.807) is 30.6 Å². The number of carbonyl (C=O) groups excluding carboxylic acids is 1. The van der Waals surface area contributed by atoms with Gasteiger partial charge in [-0.1, -0.05) is 12.1 Å². The van der Waals surface area contributed by atoms with Gasteiger partial charge < -0.3 is 15.0 Å². The number of benzene rings is 1. The second kappa shape index (κ2) is 11.8. The number of carbonyl (C=O) groups is 1. The van der Waals surface area contributed by atoms with E-state index >= 15 is 0 Å². The third kappa shape index (κ3) is 7.59. The highest BCUT2D eigenvalue weighted by molar-refractivity contribution is 5.90. The lowest BCUT2D eigenvalue weighted by molar-refractivity contribution is -0.198. The molecule has 2 saturated heterocycles. The minimum absolute atomic E-state index is 0.187. The average molecular weight is 456 g/mol. The molecular weight excluding hydrogens is 425 g/mol. The first-order chi connectivity index (χ1) is 16.1. The Kier molecular flexibility index (Phi) is 8.35. The summed E-state index contributed by atoms with van der Waals surface area (Å²) in [6.45, 7) is 3.45. The van der Waals surface area contributed by atoms with Crippen LogP contribution in [0.15, 0.2) is 42.7 Å². The van der Waals surface area contributed by atoms with Crippen LogP contribution in [0.1, 0.15) is 36.9 Å². The fraction of sp³-hybridized carbons (Fsp3) is 0.458. The number of likely N-dealkylation sites (tertiary alicyclic amines) is 1. The number of halogens is 1. The van der Waals surface area contributed by atoms with Gasteiger partial charge in [0.1, 0.15) is 11.6 Å². The first kappa shape index (κ1) is 23.3. The smallest absolute Gasteiger partial charge is 0.267 e. The monoisotopic (exact) mass is 455 g/mol. The molecule has 2 aromatic rings. The molecule has 3 heterocycles. The lowest BCUT2D eigenvalue weighted by Crippen LogP contribution is -2.32. The van der Waals surface area contributed by atoms with Crippen molar-refractivity contribution >= 4 is 17.8 Å². The molecule has 2 aliphatic heterocycles. The molecule has 1 aromatic heterocycles. The summed E-state index contributed by atoms with van der Waals surface area (Å²) in [5.74, 6) is 0.136. The Morgan fingerprint density at radius 2 is 2.21 bits per heavy atom. The quantitative estimate of drug-likeness (QED) is 0.444. The van der Waals surface area contributed by atoms with E-state index in [2.05, 4.69) is 25.7 Å². The highest BCUT2D eigenvalue weighted by atomic mass is 19.1. The Morgan fingerprint density at radius 3 is 3.00 bits per heavy atom. The van der Waals surface area contributed by atoms with Crippen LogP contribution in [-0.4, -0.2) is 59.3 Å². The van der Waals surface area contributed by atoms with Crippen LogP contribution < -0.4 is 10.8 Å². The molecule has 176 valence electrons. The SMILES string of the molecule is O=C(C=Cc1cnc(N[C@@H]2CCN(CCc3cccc(F)c3)C2)cn1)NOC1CCCCO1. The summed E-state index contributed by atoms with van der Waals surface area (Å²) in [7, 11) is 0. The zero-order chi connectivity index (χ0) is 22.9. The van der Waals surface area contributed by atoms with E-state index in [1.165, 1.54) is 12.1 Å². The van der Waals surface area contributed by atoms with Gasteiger partial charge in [0.15, 0.2) is 6.29 Å². The minimum Gasteiger partial charge on any atom is -0.365 e. The zero-order valence-electron chi connectivity index (χ0n) is 18.6. The van der Waals surface area contributed by atoms with Crippen molar-refractivity contribution in [2.24, 2.45) is 0 Å². The van der Waals surface area contributed by atoms with Crippen LogP contribution in [0.4, 0.5) is 10.2 Å². The van der Waals surface area contributed by atoms with E-state index in [0.717, 1.165) is 57.3 Å². The molecule has 33 heavy (non-hydrogen) atoms. The van der Waals surface area contributed by atoms with E-state index in [-0.39, 0.29) is 24.1 Å². The van der Waals surface area contributed by atoms with Crippen LogP contribution in [0.3, 0.4) is 0 Å². The molecule has 1 unspecified atom stereocenters. The topological polar surface area (TPSA) is 88.6 Å². The van der Waals surface area contributed by atoms with E-state index in [9.17, 15) is 9.18 Å². The van der Waals surface area contributed by atoms with Gasteiger partial charge in [0, 0.05) is 44.8 Å². The molecule has 2 atom stereocenters. The third-order valence-corrected chi connectivity index (χ3v) is 5.74. The number of amides is 1. The van der Waals surface area contributed by atoms with E-state index in [0.29, 0.717) is 18.1 Å². The molecule has 0 radical (unpaired) electrons. The lowest BCUT2D eigenvalue weighted by Gasteiger charge is -2.21. The molecule has 0 saturated carbocycles. The summed E-state index contributed by atoms with van der Waals surface area (Å²) < 4.78 is 18.7. The number of rotatable bonds is 9. The number of aromatic nitrogens is 2. The van der Waals surface area contributed by atoms with Crippen LogP contribution >= 0.6 is 0 Å². The van der Waals surface area contributed by atoms with Crippen LogP contribution in [0.5, 0.6) is 0 Å². The molecule has 1 amide bonds. The molecule has 1 aromatic carbocycles. The Balaban J connectivity index is 1.17. The number of hydroxylamine groups is 1. The van der Waals surface area contributed by atoms with Crippen molar-refractivity contribution in [2.75, 3.05) is 31.6 Å². The predicted octanol–water partition coefficient (Wildman–Crippen LogP) is 2.93. The number of hydrogen-bond acceptors (Lipinski definition) is 7. The van der Waals surface area contributed by atoms with Crippen LogP contribution in [0, 0.1) is 5.82 Å². The van der Waals surface area contributed by atoms with Crippen molar-refractivity contribution in [3.8, 4) is 0 Å². The molecule has 0 aliphatic carbocycles. The van der Waals surface area contributed by atoms with Crippen LogP contribution in [-0.2, 0) is 20.8 Å². The van der Waals surface area contributed by atoms with Gasteiger partial charge in [0.25, 0.3) is 5.91 Å². The molecule has 9 heteroatoms. The molecule has 2 fully saturated rings. The Bertz CT molecular complexity index is 934. The van der Waals surface area contributed by atoms with E-state index < -0.39 is 0 Å². The summed E-state index contributed by atoms with van der Waals surface area (Å²) in [6.07, 6.45) is 10.5. The minimum atomic E-state index is -0.380. The molecule has 2 N–H and O–H groups in total. The van der Waals surface area contributed by atoms with Crippen molar-refractivity contribution < 1.29 is 18.8 Å². The van der Waals surface area contributed by atoms with Gasteiger partial charge in [-0.3, -0.25) is 9.78 Å². The van der Waals surface area contributed by atoms with Crippen molar-refractivity contribution in [1.82, 2.24) is 20.3 Å². The third-order valence-electron chi connectivity index (χ3n) is 5.74. The van der Waals surface area contributed by atoms with Crippen molar-refractivity contribution in [2.45, 2.75) is 44.4 Å². The predicted molar refractivity (Wildman–Crippen MR) is 122 cm³/mol. The van der Waals surface area contributed by atoms with Crippen molar-refractivity contribution in [3.05, 3.63) is 59.8 Å². The fourth-order valence-corrected chi connectivity index (χ4v) is 3.96. The fourth-order valence-electron chi connectivity index (χ4n) is 3.96. The second-order valence-electron chi connectivity index (χ2n) is 8.35. The highest BCUT2D eigenvalue weighted by Crippen LogP contribution is 2.16.